The van der Waals surface area contributed by atoms with Gasteiger partial charge in [0.1, 0.15) is 6.61 Å². The van der Waals surface area contributed by atoms with Crippen molar-refractivity contribution < 1.29 is 14.6 Å². The standard InChI is InChI=1S/C24H24BrCl2NO3/c1-2-30-23-11-16(13-28-14-22(29)17-6-4-3-5-7-17)10-20(25)24(23)31-15-18-8-9-19(26)12-21(18)27/h3-12,22,28-29H,2,13-15H2,1H3. The number of halogens is 3. The smallest absolute Gasteiger partial charge is 0.175 e. The molecule has 4 nitrogen and oxygen atoms in total. The Morgan fingerprint density at radius 1 is 1.03 bits per heavy atom. The Kier molecular flexibility index (Phi) is 9.05. The van der Waals surface area contributed by atoms with E-state index >= 15 is 0 Å². The quantitative estimate of drug-likeness (QED) is 0.315. The average Bonchev–Trinajstić information content (AvgIpc) is 2.75. The summed E-state index contributed by atoms with van der Waals surface area (Å²) in [6, 6.07) is 18.8. The summed E-state index contributed by atoms with van der Waals surface area (Å²) in [5.41, 5.74) is 2.73. The van der Waals surface area contributed by atoms with Gasteiger partial charge in [-0.15, -0.1) is 0 Å². The first-order valence-corrected chi connectivity index (χ1v) is 11.5. The van der Waals surface area contributed by atoms with Crippen molar-refractivity contribution in [3.05, 3.63) is 91.9 Å². The van der Waals surface area contributed by atoms with E-state index in [-0.39, 0.29) is 6.61 Å². The molecule has 0 aromatic heterocycles. The summed E-state index contributed by atoms with van der Waals surface area (Å²) in [5, 5.41) is 14.7. The van der Waals surface area contributed by atoms with Gasteiger partial charge in [0, 0.05) is 28.7 Å². The molecule has 3 aromatic rings. The van der Waals surface area contributed by atoms with Crippen LogP contribution in [0.1, 0.15) is 29.7 Å². The molecule has 1 unspecified atom stereocenters. The number of rotatable bonds is 10. The molecule has 3 aromatic carbocycles. The summed E-state index contributed by atoms with van der Waals surface area (Å²) in [7, 11) is 0. The summed E-state index contributed by atoms with van der Waals surface area (Å²) < 4.78 is 12.6. The maximum Gasteiger partial charge on any atom is 0.175 e. The predicted octanol–water partition coefficient (Wildman–Crippen LogP) is 6.56. The summed E-state index contributed by atoms with van der Waals surface area (Å²) in [4.78, 5) is 0. The van der Waals surface area contributed by atoms with Crippen LogP contribution in [0.5, 0.6) is 11.5 Å². The second-order valence-corrected chi connectivity index (χ2v) is 8.62. The lowest BCUT2D eigenvalue weighted by atomic mass is 10.1. The summed E-state index contributed by atoms with van der Waals surface area (Å²) in [5.74, 6) is 1.25. The molecule has 0 spiro atoms. The van der Waals surface area contributed by atoms with E-state index < -0.39 is 6.10 Å². The van der Waals surface area contributed by atoms with Gasteiger partial charge < -0.3 is 19.9 Å². The first-order valence-electron chi connectivity index (χ1n) is 9.93. The molecule has 0 fully saturated rings. The maximum atomic E-state index is 10.3. The topological polar surface area (TPSA) is 50.7 Å². The molecular weight excluding hydrogens is 501 g/mol. The molecule has 0 amide bonds. The molecular formula is C24H24BrCl2NO3. The van der Waals surface area contributed by atoms with Crippen molar-refractivity contribution in [2.45, 2.75) is 26.2 Å². The number of benzene rings is 3. The first-order chi connectivity index (χ1) is 15.0. The van der Waals surface area contributed by atoms with Crippen LogP contribution in [0.3, 0.4) is 0 Å². The van der Waals surface area contributed by atoms with Crippen molar-refractivity contribution in [3.63, 3.8) is 0 Å². The van der Waals surface area contributed by atoms with Crippen molar-refractivity contribution in [1.82, 2.24) is 5.32 Å². The Balaban J connectivity index is 1.66. The number of hydrogen-bond donors (Lipinski definition) is 2. The zero-order chi connectivity index (χ0) is 22.2. The summed E-state index contributed by atoms with van der Waals surface area (Å²) >= 11 is 15.8. The van der Waals surface area contributed by atoms with Crippen LogP contribution in [-0.2, 0) is 13.2 Å². The third kappa shape index (κ3) is 6.86. The number of aliphatic hydroxyl groups excluding tert-OH is 1. The number of aliphatic hydroxyl groups is 1. The lowest BCUT2D eigenvalue weighted by Gasteiger charge is -2.17. The minimum absolute atomic E-state index is 0.287. The molecule has 0 radical (unpaired) electrons. The lowest BCUT2D eigenvalue weighted by Crippen LogP contribution is -2.21. The van der Waals surface area contributed by atoms with Crippen molar-refractivity contribution in [2.24, 2.45) is 0 Å². The van der Waals surface area contributed by atoms with Gasteiger partial charge in [-0.1, -0.05) is 59.6 Å². The number of nitrogens with one attached hydrogen (secondary N) is 1. The fourth-order valence-corrected chi connectivity index (χ4v) is 4.13. The van der Waals surface area contributed by atoms with Gasteiger partial charge >= 0.3 is 0 Å². The van der Waals surface area contributed by atoms with E-state index in [4.69, 9.17) is 32.7 Å². The van der Waals surface area contributed by atoms with Crippen LogP contribution in [0, 0.1) is 0 Å². The molecule has 0 heterocycles. The Bertz CT molecular complexity index is 1000. The predicted molar refractivity (Wildman–Crippen MR) is 129 cm³/mol. The van der Waals surface area contributed by atoms with Gasteiger partial charge in [-0.3, -0.25) is 0 Å². The highest BCUT2D eigenvalue weighted by Crippen LogP contribution is 2.38. The van der Waals surface area contributed by atoms with Gasteiger partial charge in [0.05, 0.1) is 17.2 Å². The highest BCUT2D eigenvalue weighted by Gasteiger charge is 2.14. The normalized spacial score (nSPS) is 11.9. The molecule has 1 atom stereocenters. The van der Waals surface area contributed by atoms with Gasteiger partial charge in [-0.05, 0) is 58.2 Å². The number of ether oxygens (including phenoxy) is 2. The van der Waals surface area contributed by atoms with Crippen LogP contribution in [0.4, 0.5) is 0 Å². The van der Waals surface area contributed by atoms with E-state index in [0.29, 0.717) is 41.2 Å². The third-order valence-corrected chi connectivity index (χ3v) is 5.78. The van der Waals surface area contributed by atoms with E-state index in [0.717, 1.165) is 21.2 Å². The van der Waals surface area contributed by atoms with Crippen molar-refractivity contribution >= 4 is 39.1 Å². The summed E-state index contributed by atoms with van der Waals surface area (Å²) in [6.07, 6.45) is -0.567. The molecule has 3 rings (SSSR count). The van der Waals surface area contributed by atoms with Crippen LogP contribution in [0.25, 0.3) is 0 Å². The average molecular weight is 525 g/mol. The largest absolute Gasteiger partial charge is 0.490 e. The highest BCUT2D eigenvalue weighted by atomic mass is 79.9. The van der Waals surface area contributed by atoms with Gasteiger partial charge in [-0.25, -0.2) is 0 Å². The van der Waals surface area contributed by atoms with Gasteiger partial charge in [0.25, 0.3) is 0 Å². The van der Waals surface area contributed by atoms with E-state index in [1.54, 1.807) is 12.1 Å². The molecule has 2 N–H and O–H groups in total. The van der Waals surface area contributed by atoms with E-state index in [9.17, 15) is 5.11 Å². The molecule has 0 saturated carbocycles. The van der Waals surface area contributed by atoms with Crippen LogP contribution < -0.4 is 14.8 Å². The van der Waals surface area contributed by atoms with E-state index in [1.165, 1.54) is 0 Å². The third-order valence-electron chi connectivity index (χ3n) is 4.61. The monoisotopic (exact) mass is 523 g/mol. The second kappa shape index (κ2) is 11.7. The highest BCUT2D eigenvalue weighted by molar-refractivity contribution is 9.10. The second-order valence-electron chi connectivity index (χ2n) is 6.92. The zero-order valence-corrected chi connectivity index (χ0v) is 20.2. The fourth-order valence-electron chi connectivity index (χ4n) is 3.06. The molecule has 0 bridgehead atoms. The minimum Gasteiger partial charge on any atom is -0.490 e. The molecule has 0 saturated heterocycles. The van der Waals surface area contributed by atoms with Crippen molar-refractivity contribution in [3.8, 4) is 11.5 Å². The maximum absolute atomic E-state index is 10.3. The lowest BCUT2D eigenvalue weighted by molar-refractivity contribution is 0.174. The Hall–Kier alpha value is -1.76. The molecule has 164 valence electrons. The van der Waals surface area contributed by atoms with Gasteiger partial charge in [0.2, 0.25) is 0 Å². The molecule has 0 aliphatic heterocycles. The first kappa shape index (κ1) is 23.9. The molecule has 7 heteroatoms. The summed E-state index contributed by atoms with van der Waals surface area (Å²) in [6.45, 7) is 3.74. The zero-order valence-electron chi connectivity index (χ0n) is 17.1. The van der Waals surface area contributed by atoms with Crippen LogP contribution in [-0.4, -0.2) is 18.3 Å². The van der Waals surface area contributed by atoms with Crippen LogP contribution >= 0.6 is 39.1 Å². The van der Waals surface area contributed by atoms with Crippen molar-refractivity contribution in [2.75, 3.05) is 13.2 Å². The molecule has 0 aliphatic rings. The van der Waals surface area contributed by atoms with Crippen LogP contribution in [0.15, 0.2) is 65.1 Å². The Morgan fingerprint density at radius 2 is 1.81 bits per heavy atom. The SMILES string of the molecule is CCOc1cc(CNCC(O)c2ccccc2)cc(Br)c1OCc1ccc(Cl)cc1Cl. The van der Waals surface area contributed by atoms with E-state index in [2.05, 4.69) is 21.2 Å². The van der Waals surface area contributed by atoms with Gasteiger partial charge in [-0.2, -0.15) is 0 Å². The molecule has 0 aliphatic carbocycles. The minimum atomic E-state index is -0.567. The van der Waals surface area contributed by atoms with Crippen molar-refractivity contribution in [1.29, 1.82) is 0 Å². The van der Waals surface area contributed by atoms with Crippen LogP contribution in [0.2, 0.25) is 10.0 Å². The van der Waals surface area contributed by atoms with Gasteiger partial charge in [0.15, 0.2) is 11.5 Å². The Labute approximate surface area is 201 Å². The fraction of sp³-hybridized carbons (Fsp3) is 0.250. The van der Waals surface area contributed by atoms with E-state index in [1.807, 2.05) is 55.5 Å². The Morgan fingerprint density at radius 3 is 2.52 bits per heavy atom. The molecule has 31 heavy (non-hydrogen) atoms. The number of hydrogen-bond acceptors (Lipinski definition) is 4.